The van der Waals surface area contributed by atoms with Crippen molar-refractivity contribution in [2.75, 3.05) is 6.54 Å². The summed E-state index contributed by atoms with van der Waals surface area (Å²) in [7, 11) is 0. The fraction of sp³-hybridized carbons (Fsp3) is 0.533. The van der Waals surface area contributed by atoms with Gasteiger partial charge >= 0.3 is 0 Å². The number of carbonyl (C=O) groups excluding carboxylic acids is 1. The van der Waals surface area contributed by atoms with Crippen molar-refractivity contribution in [2.24, 2.45) is 5.92 Å². The van der Waals surface area contributed by atoms with Gasteiger partial charge in [0.2, 0.25) is 0 Å². The molecular weight excluding hydrogens is 210 g/mol. The summed E-state index contributed by atoms with van der Waals surface area (Å²) in [5, 5.41) is 3.28. The van der Waals surface area contributed by atoms with E-state index in [1.54, 1.807) is 0 Å². The van der Waals surface area contributed by atoms with E-state index in [1.807, 2.05) is 18.2 Å². The predicted octanol–water partition coefficient (Wildman–Crippen LogP) is 2.75. The second-order valence-electron chi connectivity index (χ2n) is 5.02. The lowest BCUT2D eigenvalue weighted by Crippen LogP contribution is -2.31. The Morgan fingerprint density at radius 1 is 1.41 bits per heavy atom. The van der Waals surface area contributed by atoms with E-state index in [0.29, 0.717) is 24.3 Å². The molecule has 2 nitrogen and oxygen atoms in total. The van der Waals surface area contributed by atoms with Crippen molar-refractivity contribution < 1.29 is 4.79 Å². The Kier molecular flexibility index (Phi) is 3.95. The molecule has 1 aliphatic carbocycles. The topological polar surface area (TPSA) is 29.1 Å². The molecule has 3 unspecified atom stereocenters. The van der Waals surface area contributed by atoms with Gasteiger partial charge in [0, 0.05) is 12.0 Å². The predicted molar refractivity (Wildman–Crippen MR) is 70.1 cm³/mol. The van der Waals surface area contributed by atoms with Crippen LogP contribution >= 0.6 is 0 Å². The second-order valence-corrected chi connectivity index (χ2v) is 5.02. The standard InChI is InChI=1S/C15H21NO/c1-3-11(2)16-10-15(17)14-9-13(14)12-7-5-4-6-8-12/h4-8,11,13-14,16H,3,9-10H2,1-2H3. The summed E-state index contributed by atoms with van der Waals surface area (Å²) in [6.07, 6.45) is 2.10. The van der Waals surface area contributed by atoms with Crippen LogP contribution in [0.2, 0.25) is 0 Å². The average Bonchev–Trinajstić information content (AvgIpc) is 3.17. The molecule has 0 radical (unpaired) electrons. The minimum Gasteiger partial charge on any atom is -0.307 e. The molecule has 0 heterocycles. The van der Waals surface area contributed by atoms with Gasteiger partial charge in [0.15, 0.2) is 0 Å². The maximum atomic E-state index is 11.9. The van der Waals surface area contributed by atoms with Gasteiger partial charge in [-0.1, -0.05) is 37.3 Å². The molecule has 0 amide bonds. The Hall–Kier alpha value is -1.15. The molecule has 1 aliphatic rings. The Labute approximate surface area is 103 Å². The van der Waals surface area contributed by atoms with Gasteiger partial charge in [-0.25, -0.2) is 0 Å². The lowest BCUT2D eigenvalue weighted by molar-refractivity contribution is -0.119. The highest BCUT2D eigenvalue weighted by Crippen LogP contribution is 2.47. The largest absolute Gasteiger partial charge is 0.307 e. The number of benzene rings is 1. The van der Waals surface area contributed by atoms with Gasteiger partial charge in [0.1, 0.15) is 5.78 Å². The smallest absolute Gasteiger partial charge is 0.150 e. The number of rotatable bonds is 6. The van der Waals surface area contributed by atoms with Gasteiger partial charge in [0.05, 0.1) is 6.54 Å². The quantitative estimate of drug-likeness (QED) is 0.815. The number of carbonyl (C=O) groups is 1. The van der Waals surface area contributed by atoms with Crippen LogP contribution in [0.1, 0.15) is 38.2 Å². The second kappa shape index (κ2) is 5.46. The molecule has 0 aliphatic heterocycles. The molecule has 2 rings (SSSR count). The first-order valence-corrected chi connectivity index (χ1v) is 6.53. The van der Waals surface area contributed by atoms with Crippen LogP contribution in [-0.2, 0) is 4.79 Å². The van der Waals surface area contributed by atoms with Crippen molar-refractivity contribution in [2.45, 2.75) is 38.6 Å². The molecular formula is C15H21NO. The first kappa shape index (κ1) is 12.3. The fourth-order valence-corrected chi connectivity index (χ4v) is 2.17. The molecule has 1 aromatic carbocycles. The van der Waals surface area contributed by atoms with Crippen LogP contribution in [0.25, 0.3) is 0 Å². The van der Waals surface area contributed by atoms with E-state index >= 15 is 0 Å². The van der Waals surface area contributed by atoms with Crippen molar-refractivity contribution in [3.63, 3.8) is 0 Å². The number of Topliss-reactive ketones (excluding diaryl/α,β-unsaturated/α-hetero) is 1. The van der Waals surface area contributed by atoms with Gasteiger partial charge < -0.3 is 5.32 Å². The Balaban J connectivity index is 1.81. The number of hydrogen-bond acceptors (Lipinski definition) is 2. The van der Waals surface area contributed by atoms with Gasteiger partial charge in [-0.3, -0.25) is 4.79 Å². The van der Waals surface area contributed by atoms with Gasteiger partial charge in [-0.05, 0) is 31.2 Å². The fourth-order valence-electron chi connectivity index (χ4n) is 2.17. The minimum atomic E-state index is 0.258. The summed E-state index contributed by atoms with van der Waals surface area (Å²) in [4.78, 5) is 11.9. The Morgan fingerprint density at radius 2 is 2.12 bits per heavy atom. The summed E-state index contributed by atoms with van der Waals surface area (Å²) < 4.78 is 0. The van der Waals surface area contributed by atoms with E-state index in [-0.39, 0.29) is 5.92 Å². The molecule has 0 bridgehead atoms. The summed E-state index contributed by atoms with van der Waals surface area (Å²) in [5.41, 5.74) is 1.31. The van der Waals surface area contributed by atoms with Crippen molar-refractivity contribution in [3.05, 3.63) is 35.9 Å². The molecule has 0 saturated heterocycles. The number of hydrogen-bond donors (Lipinski definition) is 1. The van der Waals surface area contributed by atoms with Crippen molar-refractivity contribution in [1.82, 2.24) is 5.32 Å². The van der Waals surface area contributed by atoms with Crippen LogP contribution in [0.4, 0.5) is 0 Å². The first-order valence-electron chi connectivity index (χ1n) is 6.53. The summed E-state index contributed by atoms with van der Waals surface area (Å²) in [5.74, 6) is 1.11. The van der Waals surface area contributed by atoms with Crippen LogP contribution in [0.15, 0.2) is 30.3 Å². The van der Waals surface area contributed by atoms with Gasteiger partial charge in [-0.15, -0.1) is 0 Å². The summed E-state index contributed by atoms with van der Waals surface area (Å²) in [6.45, 7) is 4.78. The van der Waals surface area contributed by atoms with Crippen molar-refractivity contribution in [3.8, 4) is 0 Å². The summed E-state index contributed by atoms with van der Waals surface area (Å²) in [6, 6.07) is 10.8. The van der Waals surface area contributed by atoms with Crippen LogP contribution in [0.5, 0.6) is 0 Å². The van der Waals surface area contributed by atoms with Gasteiger partial charge in [0.25, 0.3) is 0 Å². The number of nitrogens with one attached hydrogen (secondary N) is 1. The molecule has 3 atom stereocenters. The average molecular weight is 231 g/mol. The third-order valence-electron chi connectivity index (χ3n) is 3.67. The molecule has 1 saturated carbocycles. The minimum absolute atomic E-state index is 0.258. The highest BCUT2D eigenvalue weighted by atomic mass is 16.1. The normalized spacial score (nSPS) is 24.4. The van der Waals surface area contributed by atoms with E-state index in [1.165, 1.54) is 5.56 Å². The lowest BCUT2D eigenvalue weighted by atomic mass is 10.1. The zero-order valence-electron chi connectivity index (χ0n) is 10.6. The maximum Gasteiger partial charge on any atom is 0.150 e. The van der Waals surface area contributed by atoms with Crippen molar-refractivity contribution in [1.29, 1.82) is 0 Å². The maximum absolute atomic E-state index is 11.9. The Bertz CT molecular complexity index is 374. The van der Waals surface area contributed by atoms with Gasteiger partial charge in [-0.2, -0.15) is 0 Å². The third kappa shape index (κ3) is 3.16. The monoisotopic (exact) mass is 231 g/mol. The van der Waals surface area contributed by atoms with Crippen LogP contribution in [-0.4, -0.2) is 18.4 Å². The van der Waals surface area contributed by atoms with Crippen molar-refractivity contribution >= 4 is 5.78 Å². The molecule has 92 valence electrons. The zero-order valence-corrected chi connectivity index (χ0v) is 10.6. The molecule has 17 heavy (non-hydrogen) atoms. The molecule has 0 aromatic heterocycles. The van der Waals surface area contributed by atoms with Crippen LogP contribution in [0, 0.1) is 5.92 Å². The van der Waals surface area contributed by atoms with Crippen LogP contribution < -0.4 is 5.32 Å². The number of ketones is 1. The van der Waals surface area contributed by atoms with E-state index in [0.717, 1.165) is 12.8 Å². The SMILES string of the molecule is CCC(C)NCC(=O)C1CC1c1ccccc1. The van der Waals surface area contributed by atoms with E-state index in [9.17, 15) is 4.79 Å². The lowest BCUT2D eigenvalue weighted by Gasteiger charge is -2.10. The molecule has 2 heteroatoms. The highest BCUT2D eigenvalue weighted by molar-refractivity contribution is 5.86. The highest BCUT2D eigenvalue weighted by Gasteiger charge is 2.42. The molecule has 1 aromatic rings. The zero-order chi connectivity index (χ0) is 12.3. The van der Waals surface area contributed by atoms with Crippen LogP contribution in [0.3, 0.4) is 0 Å². The third-order valence-corrected chi connectivity index (χ3v) is 3.67. The van der Waals surface area contributed by atoms with E-state index in [4.69, 9.17) is 0 Å². The van der Waals surface area contributed by atoms with E-state index in [2.05, 4.69) is 31.3 Å². The first-order chi connectivity index (χ1) is 8.22. The molecule has 1 N–H and O–H groups in total. The molecule has 0 spiro atoms. The molecule has 1 fully saturated rings. The summed E-state index contributed by atoms with van der Waals surface area (Å²) >= 11 is 0. The van der Waals surface area contributed by atoms with E-state index < -0.39 is 0 Å². The Morgan fingerprint density at radius 3 is 2.76 bits per heavy atom.